The zero-order valence-corrected chi connectivity index (χ0v) is 58.3. The number of carboxylic acid groups (broad SMARTS) is 1. The Morgan fingerprint density at radius 1 is 0.616 bits per heavy atom. The number of nitrogens with zero attached hydrogens (tertiary/aromatic N) is 15. The first-order valence-corrected chi connectivity index (χ1v) is 35.7. The Labute approximate surface area is 577 Å². The van der Waals surface area contributed by atoms with E-state index in [-0.39, 0.29) is 35.5 Å². The number of halogens is 2. The maximum Gasteiger partial charge on any atom is 0.412 e. The van der Waals surface area contributed by atoms with E-state index in [1.807, 2.05) is 66.5 Å². The van der Waals surface area contributed by atoms with Gasteiger partial charge in [-0.25, -0.2) is 13.6 Å². The molecule has 3 N–H and O–H groups in total. The Kier molecular flexibility index (Phi) is 17.4. The van der Waals surface area contributed by atoms with Crippen LogP contribution in [0.25, 0.3) is 0 Å². The van der Waals surface area contributed by atoms with E-state index < -0.39 is 35.2 Å². The number of alkyl halides is 2. The van der Waals surface area contributed by atoms with Crippen molar-refractivity contribution in [3.8, 4) is 12.0 Å². The SMILES string of the molecule is CN(C)C(=O)c1cc2n(n1)CCCN(c1nc(OC[C@@]34CCCN3C[C@H](F)C4)nc3c1COC1(CCCc4ccc(N(C(=O)O)C(C)(C)C)cc41)C3)C2.CN(C)C(=O)c1cc2n(n1)CCCN(c1nc(OC[C@@]34CCCN3C[C@H](F)C4)nc3c1COC1(CCCc4ccc(N)cc41)C3)C2. The molecule has 4 saturated heterocycles. The second kappa shape index (κ2) is 25.8. The van der Waals surface area contributed by atoms with Crippen LogP contribution in [0.3, 0.4) is 0 Å². The molecule has 2 spiro atoms. The number of ether oxygens (including phenoxy) is 4. The van der Waals surface area contributed by atoms with Gasteiger partial charge in [0.05, 0.1) is 71.4 Å². The molecule has 99 heavy (non-hydrogen) atoms. The first-order chi connectivity index (χ1) is 47.5. The van der Waals surface area contributed by atoms with E-state index in [4.69, 9.17) is 44.6 Å². The van der Waals surface area contributed by atoms with Crippen LogP contribution < -0.4 is 29.9 Å². The number of hydrogen-bond acceptors (Lipinski definition) is 18. The molecule has 16 rings (SSSR count). The van der Waals surface area contributed by atoms with Crippen molar-refractivity contribution < 1.29 is 47.2 Å². The minimum absolute atomic E-state index is 0.114. The van der Waals surface area contributed by atoms with Gasteiger partial charge in [0.25, 0.3) is 11.8 Å². The van der Waals surface area contributed by atoms with Gasteiger partial charge in [-0.3, -0.25) is 33.7 Å². The average molecular weight is 1360 g/mol. The van der Waals surface area contributed by atoms with E-state index in [2.05, 4.69) is 41.9 Å². The molecule has 24 nitrogen and oxygen atoms in total. The zero-order valence-electron chi connectivity index (χ0n) is 58.3. The van der Waals surface area contributed by atoms with Crippen molar-refractivity contribution in [2.45, 2.75) is 203 Å². The van der Waals surface area contributed by atoms with Crippen LogP contribution in [0.5, 0.6) is 12.0 Å². The maximum atomic E-state index is 14.7. The molecule has 8 aliphatic heterocycles. The van der Waals surface area contributed by atoms with Gasteiger partial charge in [-0.05, 0) is 170 Å². The Bertz CT molecular complexity index is 4120. The van der Waals surface area contributed by atoms with Crippen molar-refractivity contribution in [1.29, 1.82) is 0 Å². The van der Waals surface area contributed by atoms with Gasteiger partial charge in [-0.15, -0.1) is 0 Å². The molecule has 0 saturated carbocycles. The standard InChI is InChI=1S/C39H51FN8O5.C34H43FN8O3/c1-37(2,3)48(36(50)51)27-11-10-25-9-6-13-39(30(25)17-27)20-32-29(23-53-39)33(42-35(41-32)52-24-38-12-7-15-46(38)21-26(40)19-38)45-14-8-16-47-28(22-45)18-31(43-47)34(49)44(4)5;1-40(2)31(44)28-15-25-19-41(11-5-13-43(25)39-28)30-26-20-46-34(10-3-6-22-7-8-24(36)14-27(22)34)17-29(26)37-32(38-30)45-21-33-9-4-12-42(33)18-23(35)16-33/h10-11,17-18,26H,6-9,12-16,19-24H2,1-5H3,(H,50,51);7-8,14-15,23H,3-6,9-13,16-21,36H2,1-2H3/t26-,38+,39?;23-,33+,34?/m11/s1. The maximum absolute atomic E-state index is 14.7. The summed E-state index contributed by atoms with van der Waals surface area (Å²) in [5.41, 5.74) is 16.1. The number of benzene rings is 2. The van der Waals surface area contributed by atoms with Gasteiger partial charge in [0.1, 0.15) is 37.2 Å². The molecule has 6 aromatic rings. The van der Waals surface area contributed by atoms with Gasteiger partial charge in [-0.2, -0.15) is 30.1 Å². The molecule has 4 aromatic heterocycles. The molecule has 12 heterocycles. The average Bonchev–Trinajstić information content (AvgIpc) is 1.69. The van der Waals surface area contributed by atoms with Crippen LogP contribution in [0.4, 0.5) is 36.6 Å². The molecule has 6 atom stereocenters. The monoisotopic (exact) mass is 1360 g/mol. The molecule has 0 radical (unpaired) electrons. The molecule has 2 aromatic carbocycles. The number of amides is 3. The van der Waals surface area contributed by atoms with E-state index >= 15 is 0 Å². The summed E-state index contributed by atoms with van der Waals surface area (Å²) in [4.78, 5) is 71.8. The summed E-state index contributed by atoms with van der Waals surface area (Å²) < 4.78 is 59.9. The number of anilines is 4. The van der Waals surface area contributed by atoms with E-state index in [0.717, 1.165) is 165 Å². The lowest BCUT2D eigenvalue weighted by Crippen LogP contribution is -2.46. The van der Waals surface area contributed by atoms with Gasteiger partial charge < -0.3 is 49.4 Å². The second-order valence-corrected chi connectivity index (χ2v) is 30.8. The fourth-order valence-corrected chi connectivity index (χ4v) is 18.0. The topological polar surface area (TPSA) is 244 Å². The summed E-state index contributed by atoms with van der Waals surface area (Å²) in [6, 6.07) is 16.5. The van der Waals surface area contributed by atoms with Gasteiger partial charge in [0.15, 0.2) is 11.4 Å². The van der Waals surface area contributed by atoms with Gasteiger partial charge in [0, 0.05) is 121 Å². The minimum atomic E-state index is -1.00. The van der Waals surface area contributed by atoms with Gasteiger partial charge in [-0.1, -0.05) is 12.1 Å². The summed E-state index contributed by atoms with van der Waals surface area (Å²) in [6.45, 7) is 13.6. The Morgan fingerprint density at radius 3 is 1.56 bits per heavy atom. The number of rotatable bonds is 11. The van der Waals surface area contributed by atoms with Crippen LogP contribution in [-0.2, 0) is 85.8 Å². The fraction of sp³-hybridized carbons (Fsp3) is 0.603. The van der Waals surface area contributed by atoms with E-state index in [1.54, 1.807) is 33.1 Å². The predicted octanol–water partition coefficient (Wildman–Crippen LogP) is 8.95. The summed E-state index contributed by atoms with van der Waals surface area (Å²) in [7, 11) is 6.93. The van der Waals surface area contributed by atoms with Crippen LogP contribution >= 0.6 is 0 Å². The van der Waals surface area contributed by atoms with Crippen LogP contribution in [0.1, 0.15) is 175 Å². The zero-order chi connectivity index (χ0) is 68.9. The Morgan fingerprint density at radius 2 is 1.09 bits per heavy atom. The molecule has 2 aliphatic carbocycles. The lowest BCUT2D eigenvalue weighted by Gasteiger charge is -2.43. The first kappa shape index (κ1) is 66.8. The normalized spacial score (nSPS) is 26.2. The highest BCUT2D eigenvalue weighted by atomic mass is 19.1. The molecule has 2 unspecified atom stereocenters. The van der Waals surface area contributed by atoms with E-state index in [1.165, 1.54) is 15.4 Å². The third kappa shape index (κ3) is 12.5. The molecule has 26 heteroatoms. The van der Waals surface area contributed by atoms with Gasteiger partial charge in [0.2, 0.25) is 0 Å². The highest BCUT2D eigenvalue weighted by Crippen LogP contribution is 2.50. The quantitative estimate of drug-likeness (QED) is 0.115. The van der Waals surface area contributed by atoms with E-state index in [0.29, 0.717) is 114 Å². The third-order valence-corrected chi connectivity index (χ3v) is 22.7. The number of aryl methyl sites for hydroxylation is 4. The van der Waals surface area contributed by atoms with E-state index in [9.17, 15) is 28.3 Å². The minimum Gasteiger partial charge on any atom is -0.465 e. The number of aromatic nitrogens is 8. The molecule has 0 bridgehead atoms. The van der Waals surface area contributed by atoms with Crippen LogP contribution in [0, 0.1) is 0 Å². The van der Waals surface area contributed by atoms with Crippen molar-refractivity contribution in [2.24, 2.45) is 0 Å². The second-order valence-electron chi connectivity index (χ2n) is 30.8. The highest BCUT2D eigenvalue weighted by Gasteiger charge is 2.52. The first-order valence-electron chi connectivity index (χ1n) is 35.7. The Balaban J connectivity index is 0.000000163. The Hall–Kier alpha value is -8.07. The van der Waals surface area contributed by atoms with Crippen molar-refractivity contribution in [2.75, 3.05) is 101 Å². The lowest BCUT2D eigenvalue weighted by atomic mass is 9.74. The molecular weight excluding hydrogens is 1270 g/mol. The number of fused-ring (bicyclic) bond motifs is 10. The highest BCUT2D eigenvalue weighted by molar-refractivity contribution is 5.92. The van der Waals surface area contributed by atoms with Crippen LogP contribution in [0.2, 0.25) is 0 Å². The largest absolute Gasteiger partial charge is 0.465 e. The molecule has 528 valence electrons. The fourth-order valence-electron chi connectivity index (χ4n) is 18.0. The van der Waals surface area contributed by atoms with Crippen molar-refractivity contribution in [3.63, 3.8) is 0 Å². The predicted molar refractivity (Wildman–Crippen MR) is 367 cm³/mol. The summed E-state index contributed by atoms with van der Waals surface area (Å²) >= 11 is 0. The molecule has 10 aliphatic rings. The molecule has 3 amide bonds. The summed E-state index contributed by atoms with van der Waals surface area (Å²) in [5, 5.41) is 19.5. The summed E-state index contributed by atoms with van der Waals surface area (Å²) in [5.74, 6) is 1.28. The molecule has 4 fully saturated rings. The van der Waals surface area contributed by atoms with Crippen LogP contribution in [0.15, 0.2) is 48.5 Å². The number of carbonyl (C=O) groups excluding carboxylic acids is 2. The smallest absolute Gasteiger partial charge is 0.412 e. The van der Waals surface area contributed by atoms with Gasteiger partial charge >= 0.3 is 18.1 Å². The molecular formula is C73H94F2N16O8. The third-order valence-electron chi connectivity index (χ3n) is 22.7. The van der Waals surface area contributed by atoms with Crippen LogP contribution in [-0.4, -0.2) is 192 Å². The number of hydrogen-bond donors (Lipinski definition) is 2. The lowest BCUT2D eigenvalue weighted by molar-refractivity contribution is -0.0857. The van der Waals surface area contributed by atoms with Crippen molar-refractivity contribution in [3.05, 3.63) is 116 Å². The number of carbonyl (C=O) groups is 3. The number of nitrogens with two attached hydrogens (primary N) is 1. The van der Waals surface area contributed by atoms with Crippen molar-refractivity contribution >= 4 is 40.9 Å². The summed E-state index contributed by atoms with van der Waals surface area (Å²) in [6.07, 6.45) is 10.3. The number of nitrogen functional groups attached to an aromatic ring is 1. The van der Waals surface area contributed by atoms with Crippen molar-refractivity contribution in [1.82, 2.24) is 59.1 Å².